The number of primary amides is 1. The standard InChI is InChI=1S/C8H18N2O/c1-4-6(2)8(3,10)5-7(9)11/h6H,4-5,10H2,1-3H3,(H2,9,11). The van der Waals surface area contributed by atoms with Gasteiger partial charge in [0.15, 0.2) is 0 Å². The van der Waals surface area contributed by atoms with Crippen LogP contribution in [0.5, 0.6) is 0 Å². The quantitative estimate of drug-likeness (QED) is 0.630. The highest BCUT2D eigenvalue weighted by Gasteiger charge is 2.26. The maximum atomic E-state index is 10.6. The van der Waals surface area contributed by atoms with E-state index in [1.54, 1.807) is 0 Å². The van der Waals surface area contributed by atoms with Gasteiger partial charge >= 0.3 is 0 Å². The van der Waals surface area contributed by atoms with E-state index in [1.807, 2.05) is 13.8 Å². The zero-order chi connectivity index (χ0) is 9.07. The minimum atomic E-state index is -0.444. The molecular formula is C8H18N2O. The Morgan fingerprint density at radius 1 is 1.64 bits per heavy atom. The molecule has 0 aromatic carbocycles. The number of carbonyl (C=O) groups excluding carboxylic acids is 1. The molecule has 0 aromatic rings. The Morgan fingerprint density at radius 2 is 2.09 bits per heavy atom. The first-order valence-corrected chi connectivity index (χ1v) is 3.97. The molecule has 4 N–H and O–H groups in total. The molecule has 2 unspecified atom stereocenters. The Morgan fingerprint density at radius 3 is 2.36 bits per heavy atom. The second kappa shape index (κ2) is 3.72. The van der Waals surface area contributed by atoms with Gasteiger partial charge in [-0.05, 0) is 12.8 Å². The molecule has 0 spiro atoms. The molecule has 0 bridgehead atoms. The summed E-state index contributed by atoms with van der Waals surface area (Å²) in [6, 6.07) is 0. The van der Waals surface area contributed by atoms with Gasteiger partial charge in [0, 0.05) is 12.0 Å². The molecule has 0 saturated heterocycles. The topological polar surface area (TPSA) is 69.1 Å². The summed E-state index contributed by atoms with van der Waals surface area (Å²) < 4.78 is 0. The minimum absolute atomic E-state index is 0.266. The van der Waals surface area contributed by atoms with Gasteiger partial charge in [0.1, 0.15) is 0 Å². The number of hydrogen-bond donors (Lipinski definition) is 2. The lowest BCUT2D eigenvalue weighted by atomic mass is 9.83. The summed E-state index contributed by atoms with van der Waals surface area (Å²) in [6.07, 6.45) is 1.24. The molecular weight excluding hydrogens is 140 g/mol. The van der Waals surface area contributed by atoms with Gasteiger partial charge in [-0.25, -0.2) is 0 Å². The molecule has 3 nitrogen and oxygen atoms in total. The summed E-state index contributed by atoms with van der Waals surface area (Å²) in [5.41, 5.74) is 10.5. The van der Waals surface area contributed by atoms with Crippen LogP contribution in [0.4, 0.5) is 0 Å². The monoisotopic (exact) mass is 158 g/mol. The summed E-state index contributed by atoms with van der Waals surface area (Å²) in [7, 11) is 0. The van der Waals surface area contributed by atoms with Crippen LogP contribution in [0.15, 0.2) is 0 Å². The van der Waals surface area contributed by atoms with Crippen LogP contribution in [-0.2, 0) is 4.79 Å². The number of amides is 1. The van der Waals surface area contributed by atoms with Crippen molar-refractivity contribution in [2.45, 2.75) is 39.2 Å². The number of nitrogens with two attached hydrogens (primary N) is 2. The molecule has 0 aliphatic rings. The van der Waals surface area contributed by atoms with Gasteiger partial charge in [-0.15, -0.1) is 0 Å². The first kappa shape index (κ1) is 10.4. The van der Waals surface area contributed by atoms with Crippen molar-refractivity contribution in [3.8, 4) is 0 Å². The maximum Gasteiger partial charge on any atom is 0.219 e. The van der Waals surface area contributed by atoms with Crippen molar-refractivity contribution >= 4 is 5.91 Å². The van der Waals surface area contributed by atoms with Crippen LogP contribution in [0, 0.1) is 5.92 Å². The molecule has 0 fully saturated rings. The van der Waals surface area contributed by atoms with Crippen molar-refractivity contribution in [3.05, 3.63) is 0 Å². The molecule has 11 heavy (non-hydrogen) atoms. The van der Waals surface area contributed by atoms with E-state index in [9.17, 15) is 4.79 Å². The molecule has 0 aliphatic heterocycles. The predicted octanol–water partition coefficient (Wildman–Crippen LogP) is 0.625. The Kier molecular flexibility index (Phi) is 3.52. The van der Waals surface area contributed by atoms with Crippen molar-refractivity contribution in [3.63, 3.8) is 0 Å². The normalized spacial score (nSPS) is 18.9. The Bertz CT molecular complexity index is 143. The Labute approximate surface area is 68.1 Å². The van der Waals surface area contributed by atoms with Gasteiger partial charge < -0.3 is 11.5 Å². The first-order valence-electron chi connectivity index (χ1n) is 3.97. The summed E-state index contributed by atoms with van der Waals surface area (Å²) in [4.78, 5) is 10.6. The van der Waals surface area contributed by atoms with Gasteiger partial charge in [0.2, 0.25) is 5.91 Å². The SMILES string of the molecule is CCC(C)C(C)(N)CC(N)=O. The average molecular weight is 158 g/mol. The molecule has 0 aliphatic carbocycles. The summed E-state index contributed by atoms with van der Waals surface area (Å²) >= 11 is 0. The van der Waals surface area contributed by atoms with Crippen LogP contribution in [0.2, 0.25) is 0 Å². The fourth-order valence-corrected chi connectivity index (χ4v) is 1.02. The van der Waals surface area contributed by atoms with Crippen LogP contribution in [0.3, 0.4) is 0 Å². The molecule has 0 aromatic heterocycles. The molecule has 0 radical (unpaired) electrons. The lowest BCUT2D eigenvalue weighted by molar-refractivity contribution is -0.119. The number of rotatable bonds is 4. The van der Waals surface area contributed by atoms with E-state index in [-0.39, 0.29) is 12.3 Å². The van der Waals surface area contributed by atoms with Gasteiger partial charge in [0.05, 0.1) is 0 Å². The molecule has 1 amide bonds. The molecule has 3 heteroatoms. The van der Waals surface area contributed by atoms with E-state index >= 15 is 0 Å². The maximum absolute atomic E-state index is 10.6. The van der Waals surface area contributed by atoms with Crippen molar-refractivity contribution in [1.29, 1.82) is 0 Å². The minimum Gasteiger partial charge on any atom is -0.370 e. The van der Waals surface area contributed by atoms with E-state index in [0.717, 1.165) is 6.42 Å². The van der Waals surface area contributed by atoms with Gasteiger partial charge in [-0.2, -0.15) is 0 Å². The van der Waals surface area contributed by atoms with Crippen LogP contribution >= 0.6 is 0 Å². The largest absolute Gasteiger partial charge is 0.370 e. The highest BCUT2D eigenvalue weighted by molar-refractivity contribution is 5.75. The number of carbonyl (C=O) groups is 1. The summed E-state index contributed by atoms with van der Waals surface area (Å²) in [5, 5.41) is 0. The third-order valence-electron chi connectivity index (χ3n) is 2.29. The first-order chi connectivity index (χ1) is 4.90. The highest BCUT2D eigenvalue weighted by atomic mass is 16.1. The van der Waals surface area contributed by atoms with Crippen molar-refractivity contribution in [2.75, 3.05) is 0 Å². The molecule has 2 atom stereocenters. The summed E-state index contributed by atoms with van der Waals surface area (Å²) in [6.45, 7) is 5.95. The fraction of sp³-hybridized carbons (Fsp3) is 0.875. The smallest absolute Gasteiger partial charge is 0.219 e. The van der Waals surface area contributed by atoms with E-state index in [0.29, 0.717) is 5.92 Å². The second-order valence-electron chi connectivity index (χ2n) is 3.46. The second-order valence-corrected chi connectivity index (χ2v) is 3.46. The molecule has 0 rings (SSSR count). The lowest BCUT2D eigenvalue weighted by Gasteiger charge is -2.29. The lowest BCUT2D eigenvalue weighted by Crippen LogP contribution is -2.45. The van der Waals surface area contributed by atoms with Gasteiger partial charge in [-0.1, -0.05) is 20.3 Å². The third kappa shape index (κ3) is 3.37. The van der Waals surface area contributed by atoms with E-state index in [2.05, 4.69) is 6.92 Å². The van der Waals surface area contributed by atoms with Crippen LogP contribution < -0.4 is 11.5 Å². The molecule has 66 valence electrons. The Hall–Kier alpha value is -0.570. The van der Waals surface area contributed by atoms with E-state index in [1.165, 1.54) is 0 Å². The van der Waals surface area contributed by atoms with Crippen LogP contribution in [0.25, 0.3) is 0 Å². The zero-order valence-corrected chi connectivity index (χ0v) is 7.55. The van der Waals surface area contributed by atoms with Crippen molar-refractivity contribution < 1.29 is 4.79 Å². The van der Waals surface area contributed by atoms with Crippen LogP contribution in [-0.4, -0.2) is 11.4 Å². The van der Waals surface area contributed by atoms with Crippen molar-refractivity contribution in [1.82, 2.24) is 0 Å². The Balaban J connectivity index is 4.08. The molecule has 0 saturated carbocycles. The van der Waals surface area contributed by atoms with E-state index in [4.69, 9.17) is 11.5 Å². The van der Waals surface area contributed by atoms with E-state index < -0.39 is 5.54 Å². The molecule has 0 heterocycles. The third-order valence-corrected chi connectivity index (χ3v) is 2.29. The average Bonchev–Trinajstić information content (AvgIpc) is 1.83. The van der Waals surface area contributed by atoms with Gasteiger partial charge in [-0.3, -0.25) is 4.79 Å². The zero-order valence-electron chi connectivity index (χ0n) is 7.55. The highest BCUT2D eigenvalue weighted by Crippen LogP contribution is 2.20. The summed E-state index contributed by atoms with van der Waals surface area (Å²) in [5.74, 6) is 0.00491. The van der Waals surface area contributed by atoms with Gasteiger partial charge in [0.25, 0.3) is 0 Å². The van der Waals surface area contributed by atoms with Crippen molar-refractivity contribution in [2.24, 2.45) is 17.4 Å². The van der Waals surface area contributed by atoms with Crippen LogP contribution in [0.1, 0.15) is 33.6 Å². The number of hydrogen-bond acceptors (Lipinski definition) is 2. The fourth-order valence-electron chi connectivity index (χ4n) is 1.02. The predicted molar refractivity (Wildman–Crippen MR) is 45.9 cm³/mol.